The third-order valence-electron chi connectivity index (χ3n) is 2.63. The molecule has 0 amide bonds. The van der Waals surface area contributed by atoms with Gasteiger partial charge in [0.15, 0.2) is 5.76 Å². The number of aromatic nitrogens is 3. The number of hydrogen-bond donors (Lipinski definition) is 2. The lowest BCUT2D eigenvalue weighted by molar-refractivity contribution is 0.455. The second-order valence-corrected chi connectivity index (χ2v) is 5.02. The fraction of sp³-hybridized carbons (Fsp3) is 0. The Morgan fingerprint density at radius 2 is 2.14 bits per heavy atom. The average molecular weight is 349 g/mol. The molecule has 2 heterocycles. The van der Waals surface area contributed by atoms with Crippen molar-refractivity contribution in [3.63, 3.8) is 0 Å². The van der Waals surface area contributed by atoms with Crippen molar-refractivity contribution in [3.05, 3.63) is 57.5 Å². The molecular weight excluding hydrogens is 340 g/mol. The van der Waals surface area contributed by atoms with E-state index in [0.717, 1.165) is 20.9 Å². The van der Waals surface area contributed by atoms with Crippen LogP contribution >= 0.6 is 15.9 Å². The van der Waals surface area contributed by atoms with Crippen molar-refractivity contribution in [2.75, 3.05) is 0 Å². The number of rotatable bonds is 3. The van der Waals surface area contributed by atoms with Crippen LogP contribution in [0.1, 0.15) is 5.89 Å². The Bertz CT molecular complexity index is 845. The molecule has 0 unspecified atom stereocenters. The van der Waals surface area contributed by atoms with Gasteiger partial charge in [0.2, 0.25) is 11.8 Å². The van der Waals surface area contributed by atoms with Crippen LogP contribution in [-0.4, -0.2) is 26.0 Å². The number of aromatic hydroxyl groups is 1. The summed E-state index contributed by atoms with van der Waals surface area (Å²) in [5.41, 5.74) is 0.324. The minimum Gasteiger partial charge on any atom is -0.493 e. The number of oxazole rings is 1. The molecule has 1 aromatic carbocycles. The summed E-state index contributed by atoms with van der Waals surface area (Å²) in [7, 11) is 0. The molecule has 3 rings (SSSR count). The first kappa shape index (κ1) is 13.4. The van der Waals surface area contributed by atoms with E-state index in [0.29, 0.717) is 5.76 Å². The van der Waals surface area contributed by atoms with Crippen LogP contribution in [0.25, 0.3) is 11.3 Å². The molecule has 8 heteroatoms. The number of halogens is 1. The van der Waals surface area contributed by atoms with Crippen molar-refractivity contribution in [3.8, 4) is 17.2 Å². The SMILES string of the molecule is O=c1[nH]c(O)cn1N=Cc1ncc(-c2ccc(Br)cc2)o1. The maximum atomic E-state index is 11.3. The molecule has 0 atom stereocenters. The molecule has 0 aliphatic heterocycles. The molecule has 21 heavy (non-hydrogen) atoms. The highest BCUT2D eigenvalue weighted by Crippen LogP contribution is 2.22. The Labute approximate surface area is 126 Å². The molecule has 0 fully saturated rings. The van der Waals surface area contributed by atoms with Gasteiger partial charge in [0.05, 0.1) is 12.4 Å². The van der Waals surface area contributed by atoms with Gasteiger partial charge in [0.1, 0.15) is 6.21 Å². The van der Waals surface area contributed by atoms with Gasteiger partial charge >= 0.3 is 5.69 Å². The predicted molar refractivity (Wildman–Crippen MR) is 79.3 cm³/mol. The quantitative estimate of drug-likeness (QED) is 0.709. The van der Waals surface area contributed by atoms with E-state index in [9.17, 15) is 4.79 Å². The summed E-state index contributed by atoms with van der Waals surface area (Å²) >= 11 is 3.36. The van der Waals surface area contributed by atoms with E-state index in [1.807, 2.05) is 24.3 Å². The summed E-state index contributed by atoms with van der Waals surface area (Å²) in [6.45, 7) is 0. The summed E-state index contributed by atoms with van der Waals surface area (Å²) in [4.78, 5) is 17.5. The number of nitrogens with zero attached hydrogens (tertiary/aromatic N) is 3. The van der Waals surface area contributed by atoms with Gasteiger partial charge in [-0.2, -0.15) is 9.78 Å². The number of aromatic amines is 1. The molecule has 0 saturated heterocycles. The Balaban J connectivity index is 1.83. The van der Waals surface area contributed by atoms with Crippen LogP contribution in [-0.2, 0) is 0 Å². The predicted octanol–water partition coefficient (Wildman–Crippen LogP) is 2.18. The zero-order chi connectivity index (χ0) is 14.8. The van der Waals surface area contributed by atoms with Crippen molar-refractivity contribution < 1.29 is 9.52 Å². The van der Waals surface area contributed by atoms with Gasteiger partial charge in [-0.1, -0.05) is 28.1 Å². The van der Waals surface area contributed by atoms with Crippen molar-refractivity contribution in [2.45, 2.75) is 0 Å². The molecule has 0 saturated carbocycles. The summed E-state index contributed by atoms with van der Waals surface area (Å²) in [6, 6.07) is 7.57. The number of hydrogen-bond acceptors (Lipinski definition) is 5. The van der Waals surface area contributed by atoms with Gasteiger partial charge in [-0.05, 0) is 12.1 Å². The highest BCUT2D eigenvalue weighted by Gasteiger charge is 2.05. The lowest BCUT2D eigenvalue weighted by atomic mass is 10.2. The van der Waals surface area contributed by atoms with Gasteiger partial charge in [0, 0.05) is 10.0 Å². The molecule has 2 aromatic heterocycles. The maximum Gasteiger partial charge on any atom is 0.349 e. The van der Waals surface area contributed by atoms with Gasteiger partial charge < -0.3 is 9.52 Å². The first-order valence-electron chi connectivity index (χ1n) is 5.88. The number of imidazole rings is 1. The van der Waals surface area contributed by atoms with E-state index in [4.69, 9.17) is 9.52 Å². The van der Waals surface area contributed by atoms with Gasteiger partial charge in [-0.15, -0.1) is 0 Å². The minimum atomic E-state index is -0.552. The monoisotopic (exact) mass is 348 g/mol. The van der Waals surface area contributed by atoms with E-state index < -0.39 is 5.69 Å². The topological polar surface area (TPSA) is 96.4 Å². The number of H-pyrrole nitrogens is 1. The molecule has 0 aliphatic rings. The summed E-state index contributed by atoms with van der Waals surface area (Å²) in [6.07, 6.45) is 4.01. The third-order valence-corrected chi connectivity index (χ3v) is 3.16. The zero-order valence-electron chi connectivity index (χ0n) is 10.5. The van der Waals surface area contributed by atoms with Crippen LogP contribution < -0.4 is 5.69 Å². The lowest BCUT2D eigenvalue weighted by Gasteiger charge is -1.95. The van der Waals surface area contributed by atoms with Crippen molar-refractivity contribution in [1.82, 2.24) is 14.6 Å². The van der Waals surface area contributed by atoms with Crippen molar-refractivity contribution >= 4 is 22.1 Å². The number of nitrogens with one attached hydrogen (secondary N) is 1. The first-order chi connectivity index (χ1) is 10.1. The molecule has 2 N–H and O–H groups in total. The smallest absolute Gasteiger partial charge is 0.349 e. The van der Waals surface area contributed by atoms with E-state index in [1.165, 1.54) is 6.21 Å². The largest absolute Gasteiger partial charge is 0.493 e. The zero-order valence-corrected chi connectivity index (χ0v) is 12.1. The highest BCUT2D eigenvalue weighted by molar-refractivity contribution is 9.10. The van der Waals surface area contributed by atoms with Crippen LogP contribution in [0.3, 0.4) is 0 Å². The first-order valence-corrected chi connectivity index (χ1v) is 6.68. The van der Waals surface area contributed by atoms with Gasteiger partial charge in [-0.3, -0.25) is 4.98 Å². The van der Waals surface area contributed by atoms with Gasteiger partial charge in [0.25, 0.3) is 0 Å². The molecule has 0 aliphatic carbocycles. The maximum absolute atomic E-state index is 11.3. The summed E-state index contributed by atoms with van der Waals surface area (Å²) in [5.74, 6) is 0.578. The van der Waals surface area contributed by atoms with Gasteiger partial charge in [-0.25, -0.2) is 9.78 Å². The fourth-order valence-electron chi connectivity index (χ4n) is 1.67. The second kappa shape index (κ2) is 5.41. The van der Waals surface area contributed by atoms with Crippen molar-refractivity contribution in [2.24, 2.45) is 5.10 Å². The third kappa shape index (κ3) is 2.95. The van der Waals surface area contributed by atoms with Crippen LogP contribution in [0.15, 0.2) is 55.4 Å². The molecule has 7 nitrogen and oxygen atoms in total. The Kier molecular flexibility index (Phi) is 3.44. The van der Waals surface area contributed by atoms with E-state index in [1.54, 1.807) is 6.20 Å². The van der Waals surface area contributed by atoms with E-state index in [2.05, 4.69) is 31.0 Å². The molecule has 0 spiro atoms. The van der Waals surface area contributed by atoms with Crippen LogP contribution in [0.2, 0.25) is 0 Å². The second-order valence-electron chi connectivity index (χ2n) is 4.10. The Morgan fingerprint density at radius 3 is 2.81 bits per heavy atom. The van der Waals surface area contributed by atoms with Crippen LogP contribution in [0, 0.1) is 0 Å². The molecule has 3 aromatic rings. The fourth-order valence-corrected chi connectivity index (χ4v) is 1.93. The standard InChI is InChI=1S/C13H9BrN4O3/c14-9-3-1-8(2-4-9)10-5-15-12(21-10)6-16-18-7-11(19)17-13(18)20/h1-7,19H,(H,17,20). The summed E-state index contributed by atoms with van der Waals surface area (Å²) < 4.78 is 7.43. The van der Waals surface area contributed by atoms with E-state index in [-0.39, 0.29) is 11.8 Å². The van der Waals surface area contributed by atoms with Crippen LogP contribution in [0.4, 0.5) is 0 Å². The number of benzene rings is 1. The lowest BCUT2D eigenvalue weighted by Crippen LogP contribution is -2.11. The average Bonchev–Trinajstić information content (AvgIpc) is 3.04. The molecule has 106 valence electrons. The van der Waals surface area contributed by atoms with Crippen molar-refractivity contribution in [1.29, 1.82) is 0 Å². The molecule has 0 radical (unpaired) electrons. The summed E-state index contributed by atoms with van der Waals surface area (Å²) in [5, 5.41) is 13.0. The van der Waals surface area contributed by atoms with E-state index >= 15 is 0 Å². The highest BCUT2D eigenvalue weighted by atomic mass is 79.9. The minimum absolute atomic E-state index is 0.250. The normalized spacial score (nSPS) is 11.3. The molecular formula is C13H9BrN4O3. The Hall–Kier alpha value is -2.61. The Morgan fingerprint density at radius 1 is 1.38 bits per heavy atom. The van der Waals surface area contributed by atoms with Crippen LogP contribution in [0.5, 0.6) is 5.88 Å². The molecule has 0 bridgehead atoms.